The number of hydrogen-bond acceptors (Lipinski definition) is 5. The zero-order valence-electron chi connectivity index (χ0n) is 17.9. The molecule has 0 radical (unpaired) electrons. The van der Waals surface area contributed by atoms with Gasteiger partial charge < -0.3 is 20.3 Å². The molecule has 1 aromatic rings. The maximum absolute atomic E-state index is 11.9. The van der Waals surface area contributed by atoms with Crippen LogP contribution in [0, 0.1) is 0 Å². The number of nitrogens with zero attached hydrogens (tertiary/aromatic N) is 4. The van der Waals surface area contributed by atoms with E-state index in [2.05, 4.69) is 37.6 Å². The molecule has 1 atom stereocenters. The molecule has 2 N–H and O–H groups in total. The molecule has 29 heavy (non-hydrogen) atoms. The van der Waals surface area contributed by atoms with Crippen LogP contribution in [0.2, 0.25) is 0 Å². The summed E-state index contributed by atoms with van der Waals surface area (Å²) in [6.07, 6.45) is 0.871. The summed E-state index contributed by atoms with van der Waals surface area (Å²) in [5, 5.41) is 6.83. The second kappa shape index (κ2) is 10.5. The van der Waals surface area contributed by atoms with E-state index in [1.807, 2.05) is 12.1 Å². The van der Waals surface area contributed by atoms with Gasteiger partial charge in [0.25, 0.3) is 0 Å². The van der Waals surface area contributed by atoms with Gasteiger partial charge >= 0.3 is 0 Å². The maximum Gasteiger partial charge on any atom is 0.243 e. The van der Waals surface area contributed by atoms with Gasteiger partial charge in [0.15, 0.2) is 5.96 Å². The van der Waals surface area contributed by atoms with E-state index in [-0.39, 0.29) is 12.5 Å². The lowest BCUT2D eigenvalue weighted by atomic mass is 10.1. The lowest BCUT2D eigenvalue weighted by Crippen LogP contribution is -2.63. The van der Waals surface area contributed by atoms with Crippen LogP contribution in [0.4, 0.5) is 0 Å². The molecule has 8 heteroatoms. The van der Waals surface area contributed by atoms with Crippen molar-refractivity contribution in [2.24, 2.45) is 4.99 Å². The normalized spacial score (nSPS) is 23.6. The summed E-state index contributed by atoms with van der Waals surface area (Å²) < 4.78 is 5.21. The molecule has 0 saturated carbocycles. The first-order valence-electron chi connectivity index (χ1n) is 10.4. The molecule has 2 bridgehead atoms. The molecular formula is C21H34N6O2. The molecule has 0 aromatic heterocycles. The number of rotatable bonds is 8. The van der Waals surface area contributed by atoms with Gasteiger partial charge in [-0.1, -0.05) is 12.1 Å². The van der Waals surface area contributed by atoms with E-state index in [9.17, 15) is 4.79 Å². The van der Waals surface area contributed by atoms with Gasteiger partial charge in [0.2, 0.25) is 5.91 Å². The van der Waals surface area contributed by atoms with E-state index in [4.69, 9.17) is 4.74 Å². The monoisotopic (exact) mass is 402 g/mol. The van der Waals surface area contributed by atoms with Crippen LogP contribution >= 0.6 is 0 Å². The number of fused-ring (bicyclic) bond motifs is 3. The Balaban J connectivity index is 1.52. The van der Waals surface area contributed by atoms with Gasteiger partial charge in [-0.05, 0) is 24.1 Å². The molecule has 1 amide bonds. The summed E-state index contributed by atoms with van der Waals surface area (Å²) in [5.41, 5.74) is 1.23. The predicted molar refractivity (Wildman–Crippen MR) is 116 cm³/mol. The third-order valence-corrected chi connectivity index (χ3v) is 5.63. The van der Waals surface area contributed by atoms with E-state index in [1.165, 1.54) is 18.7 Å². The predicted octanol–water partition coefficient (Wildman–Crippen LogP) is -0.139. The molecule has 1 unspecified atom stereocenters. The lowest BCUT2D eigenvalue weighted by Gasteiger charge is -2.47. The van der Waals surface area contributed by atoms with Crippen molar-refractivity contribution in [2.75, 3.05) is 73.6 Å². The second-order valence-electron chi connectivity index (χ2n) is 7.85. The van der Waals surface area contributed by atoms with Crippen molar-refractivity contribution in [3.05, 3.63) is 29.8 Å². The van der Waals surface area contributed by atoms with Crippen molar-refractivity contribution in [1.82, 2.24) is 25.3 Å². The van der Waals surface area contributed by atoms with Gasteiger partial charge in [-0.2, -0.15) is 0 Å². The quantitative estimate of drug-likeness (QED) is 0.466. The number of carbonyl (C=O) groups excluding carboxylic acids is 1. The van der Waals surface area contributed by atoms with Crippen molar-refractivity contribution >= 4 is 11.9 Å². The van der Waals surface area contributed by atoms with Crippen LogP contribution < -0.4 is 15.4 Å². The summed E-state index contributed by atoms with van der Waals surface area (Å²) in [6.45, 7) is 7.46. The Morgan fingerprint density at radius 3 is 2.48 bits per heavy atom. The van der Waals surface area contributed by atoms with Crippen molar-refractivity contribution in [3.63, 3.8) is 0 Å². The summed E-state index contributed by atoms with van der Waals surface area (Å²) in [4.78, 5) is 23.1. The lowest BCUT2D eigenvalue weighted by molar-refractivity contribution is -0.127. The van der Waals surface area contributed by atoms with Gasteiger partial charge in [-0.3, -0.25) is 14.6 Å². The minimum Gasteiger partial charge on any atom is -0.497 e. The molecule has 1 aromatic carbocycles. The molecule has 3 saturated heterocycles. The van der Waals surface area contributed by atoms with Crippen LogP contribution in [0.25, 0.3) is 0 Å². The third kappa shape index (κ3) is 6.33. The van der Waals surface area contributed by atoms with Gasteiger partial charge in [-0.25, -0.2) is 4.99 Å². The zero-order valence-corrected chi connectivity index (χ0v) is 17.9. The number of guanidine groups is 1. The molecule has 160 valence electrons. The molecule has 3 heterocycles. The highest BCUT2D eigenvalue weighted by Gasteiger charge is 2.31. The zero-order chi connectivity index (χ0) is 20.6. The Morgan fingerprint density at radius 2 is 1.90 bits per heavy atom. The minimum atomic E-state index is -0.00663. The van der Waals surface area contributed by atoms with E-state index in [1.54, 1.807) is 26.1 Å². The molecule has 3 fully saturated rings. The van der Waals surface area contributed by atoms with Crippen LogP contribution in [0.15, 0.2) is 29.3 Å². The minimum absolute atomic E-state index is 0.00663. The molecule has 3 aliphatic heterocycles. The van der Waals surface area contributed by atoms with Crippen LogP contribution in [-0.4, -0.2) is 106 Å². The Kier molecular flexibility index (Phi) is 7.71. The van der Waals surface area contributed by atoms with E-state index >= 15 is 0 Å². The summed E-state index contributed by atoms with van der Waals surface area (Å²) in [6, 6.07) is 8.58. The SMILES string of the molecule is COc1ccc(CCNC(=NCC(=O)N(C)C)NCC2CN3CCN2CC3)cc1. The summed E-state index contributed by atoms with van der Waals surface area (Å²) in [7, 11) is 5.18. The smallest absolute Gasteiger partial charge is 0.243 e. The Bertz CT molecular complexity index is 683. The second-order valence-corrected chi connectivity index (χ2v) is 7.85. The highest BCUT2D eigenvalue weighted by molar-refractivity contribution is 5.84. The average Bonchev–Trinajstić information content (AvgIpc) is 2.76. The number of likely N-dealkylation sites (N-methyl/N-ethyl adjacent to an activating group) is 1. The van der Waals surface area contributed by atoms with Crippen molar-refractivity contribution < 1.29 is 9.53 Å². The average molecular weight is 403 g/mol. The molecule has 0 aliphatic carbocycles. The van der Waals surface area contributed by atoms with Gasteiger partial charge in [0, 0.05) is 66.0 Å². The fraction of sp³-hybridized carbons (Fsp3) is 0.619. The number of piperazine rings is 3. The first-order chi connectivity index (χ1) is 14.0. The summed E-state index contributed by atoms with van der Waals surface area (Å²) in [5.74, 6) is 1.56. The number of methoxy groups -OCH3 is 1. The van der Waals surface area contributed by atoms with E-state index < -0.39 is 0 Å². The number of benzene rings is 1. The molecule has 4 rings (SSSR count). The number of ether oxygens (including phenoxy) is 1. The summed E-state index contributed by atoms with van der Waals surface area (Å²) >= 11 is 0. The maximum atomic E-state index is 11.9. The van der Waals surface area contributed by atoms with E-state index in [0.717, 1.165) is 44.9 Å². The standard InChI is InChI=1S/C21H34N6O2/c1-25(2)20(28)15-24-21(22-9-8-17-4-6-19(29-3)7-5-17)23-14-18-16-26-10-12-27(18)13-11-26/h4-7,18H,8-16H2,1-3H3,(H2,22,23,24). The first kappa shape index (κ1) is 21.4. The van der Waals surface area contributed by atoms with Crippen LogP contribution in [0.1, 0.15) is 5.56 Å². The van der Waals surface area contributed by atoms with E-state index in [0.29, 0.717) is 12.0 Å². The van der Waals surface area contributed by atoms with Crippen molar-refractivity contribution in [2.45, 2.75) is 12.5 Å². The molecule has 8 nitrogen and oxygen atoms in total. The number of nitrogens with one attached hydrogen (secondary N) is 2. The van der Waals surface area contributed by atoms with Crippen molar-refractivity contribution in [1.29, 1.82) is 0 Å². The van der Waals surface area contributed by atoms with Crippen LogP contribution in [-0.2, 0) is 11.2 Å². The molecule has 3 aliphatic rings. The highest BCUT2D eigenvalue weighted by Crippen LogP contribution is 2.14. The fourth-order valence-corrected chi connectivity index (χ4v) is 3.71. The Morgan fingerprint density at radius 1 is 1.17 bits per heavy atom. The first-order valence-corrected chi connectivity index (χ1v) is 10.4. The van der Waals surface area contributed by atoms with Crippen molar-refractivity contribution in [3.8, 4) is 5.75 Å². The number of aliphatic imine (C=N–C) groups is 1. The Labute approximate surface area is 173 Å². The van der Waals surface area contributed by atoms with Crippen LogP contribution in [0.5, 0.6) is 5.75 Å². The van der Waals surface area contributed by atoms with Gasteiger partial charge in [0.05, 0.1) is 7.11 Å². The molecule has 0 spiro atoms. The molecular weight excluding hydrogens is 368 g/mol. The Hall–Kier alpha value is -2.32. The largest absolute Gasteiger partial charge is 0.497 e. The topological polar surface area (TPSA) is 72.4 Å². The van der Waals surface area contributed by atoms with Gasteiger partial charge in [0.1, 0.15) is 12.3 Å². The fourth-order valence-electron chi connectivity index (χ4n) is 3.71. The number of hydrogen-bond donors (Lipinski definition) is 2. The number of carbonyl (C=O) groups is 1. The highest BCUT2D eigenvalue weighted by atomic mass is 16.5. The number of amides is 1. The third-order valence-electron chi connectivity index (χ3n) is 5.63. The van der Waals surface area contributed by atoms with Gasteiger partial charge in [-0.15, -0.1) is 0 Å². The van der Waals surface area contributed by atoms with Crippen LogP contribution in [0.3, 0.4) is 0 Å².